The quantitative estimate of drug-likeness (QED) is 0.628. The van der Waals surface area contributed by atoms with Gasteiger partial charge in [0, 0.05) is 23.1 Å². The van der Waals surface area contributed by atoms with Crippen molar-refractivity contribution in [3.05, 3.63) is 76.7 Å². The monoisotopic (exact) mass is 367 g/mol. The Morgan fingerprint density at radius 2 is 2.15 bits per heavy atom. The van der Waals surface area contributed by atoms with E-state index in [4.69, 9.17) is 4.74 Å². The molecule has 0 fully saturated rings. The van der Waals surface area contributed by atoms with Gasteiger partial charge < -0.3 is 15.4 Å². The van der Waals surface area contributed by atoms with E-state index in [9.17, 15) is 4.79 Å². The second kappa shape index (κ2) is 9.12. The lowest BCUT2D eigenvalue weighted by atomic mass is 10.1. The molecule has 5 nitrogen and oxygen atoms in total. The molecule has 6 heteroatoms. The molecule has 0 aliphatic rings. The minimum atomic E-state index is -0.189. The Labute approximate surface area is 157 Å². The summed E-state index contributed by atoms with van der Waals surface area (Å²) >= 11 is 1.67. The van der Waals surface area contributed by atoms with E-state index in [0.717, 1.165) is 13.0 Å². The lowest BCUT2D eigenvalue weighted by Crippen LogP contribution is -2.16. The molecule has 0 aliphatic heterocycles. The normalized spacial score (nSPS) is 11.7. The van der Waals surface area contributed by atoms with Crippen LogP contribution in [0.5, 0.6) is 5.75 Å². The van der Waals surface area contributed by atoms with Crippen molar-refractivity contribution in [3.8, 4) is 5.75 Å². The van der Waals surface area contributed by atoms with Crippen LogP contribution < -0.4 is 15.4 Å². The number of nitrogens with zero attached hydrogens (tertiary/aromatic N) is 1. The molecule has 0 spiro atoms. The van der Waals surface area contributed by atoms with Gasteiger partial charge in [0.15, 0.2) is 0 Å². The largest absolute Gasteiger partial charge is 0.485 e. The molecule has 1 atom stereocenters. The number of pyridine rings is 1. The Morgan fingerprint density at radius 1 is 1.23 bits per heavy atom. The Bertz CT molecular complexity index is 822. The average Bonchev–Trinajstić information content (AvgIpc) is 3.21. The average molecular weight is 367 g/mol. The number of benzene rings is 1. The zero-order valence-corrected chi connectivity index (χ0v) is 15.3. The second-order valence-corrected chi connectivity index (χ2v) is 6.72. The molecule has 2 aromatic heterocycles. The maximum Gasteiger partial charge on any atom is 0.255 e. The summed E-state index contributed by atoms with van der Waals surface area (Å²) in [5, 5.41) is 8.04. The second-order valence-electron chi connectivity index (χ2n) is 5.74. The van der Waals surface area contributed by atoms with Crippen molar-refractivity contribution in [1.82, 2.24) is 10.3 Å². The van der Waals surface area contributed by atoms with Gasteiger partial charge in [0.2, 0.25) is 0 Å². The van der Waals surface area contributed by atoms with Crippen LogP contribution in [0.1, 0.15) is 27.8 Å². The third-order valence-corrected chi connectivity index (χ3v) is 4.78. The molecule has 1 amide bonds. The Morgan fingerprint density at radius 3 is 2.88 bits per heavy atom. The number of ether oxygens (including phenoxy) is 1. The smallest absolute Gasteiger partial charge is 0.255 e. The maximum atomic E-state index is 12.5. The van der Waals surface area contributed by atoms with E-state index in [1.807, 2.05) is 30.6 Å². The Balaban J connectivity index is 1.72. The molecule has 0 bridgehead atoms. The summed E-state index contributed by atoms with van der Waals surface area (Å²) in [5.41, 5.74) is 1.21. The molecule has 1 aromatic carbocycles. The van der Waals surface area contributed by atoms with E-state index in [1.54, 1.807) is 48.0 Å². The Hall–Kier alpha value is -2.70. The van der Waals surface area contributed by atoms with E-state index in [0.29, 0.717) is 17.0 Å². The number of hydrogen-bond acceptors (Lipinski definition) is 5. The molecule has 2 heterocycles. The molecule has 3 rings (SSSR count). The van der Waals surface area contributed by atoms with Crippen molar-refractivity contribution in [2.24, 2.45) is 0 Å². The van der Waals surface area contributed by atoms with Gasteiger partial charge in [0.05, 0.1) is 11.9 Å². The highest BCUT2D eigenvalue weighted by Crippen LogP contribution is 2.28. The van der Waals surface area contributed by atoms with E-state index < -0.39 is 0 Å². The lowest BCUT2D eigenvalue weighted by Gasteiger charge is -2.18. The van der Waals surface area contributed by atoms with Gasteiger partial charge in [0.25, 0.3) is 5.91 Å². The number of nitrogens with one attached hydrogen (secondary N) is 2. The fourth-order valence-corrected chi connectivity index (χ4v) is 3.31. The zero-order valence-electron chi connectivity index (χ0n) is 14.5. The van der Waals surface area contributed by atoms with Crippen molar-refractivity contribution in [3.63, 3.8) is 0 Å². The van der Waals surface area contributed by atoms with Crippen molar-refractivity contribution in [2.45, 2.75) is 12.5 Å². The lowest BCUT2D eigenvalue weighted by molar-refractivity contribution is 0.102. The third kappa shape index (κ3) is 4.91. The van der Waals surface area contributed by atoms with E-state index in [-0.39, 0.29) is 12.0 Å². The van der Waals surface area contributed by atoms with Gasteiger partial charge in [-0.25, -0.2) is 0 Å². The highest BCUT2D eigenvalue weighted by molar-refractivity contribution is 7.10. The first kappa shape index (κ1) is 18.1. The number of rotatable bonds is 8. The molecule has 0 saturated heterocycles. The highest BCUT2D eigenvalue weighted by atomic mass is 32.1. The van der Waals surface area contributed by atoms with Crippen LogP contribution in [-0.2, 0) is 0 Å². The number of carbonyl (C=O) groups excluding carboxylic acids is 1. The summed E-state index contributed by atoms with van der Waals surface area (Å²) in [6.07, 6.45) is 4.09. The standard InChI is InChI=1S/C20H21N3O2S/c1-21-11-9-18(19-8-4-12-26-19)25-17-7-2-5-15(13-17)20(24)23-16-6-3-10-22-14-16/h2-8,10,12-14,18,21H,9,11H2,1H3,(H,23,24). The summed E-state index contributed by atoms with van der Waals surface area (Å²) in [6, 6.07) is 14.9. The van der Waals surface area contributed by atoms with Gasteiger partial charge in [-0.2, -0.15) is 0 Å². The predicted molar refractivity (Wildman–Crippen MR) is 105 cm³/mol. The fraction of sp³-hybridized carbons (Fsp3) is 0.200. The predicted octanol–water partition coefficient (Wildman–Crippen LogP) is 4.13. The molecule has 0 aliphatic carbocycles. The van der Waals surface area contributed by atoms with Gasteiger partial charge in [-0.1, -0.05) is 12.1 Å². The van der Waals surface area contributed by atoms with Crippen LogP contribution in [0, 0.1) is 0 Å². The van der Waals surface area contributed by atoms with E-state index in [1.165, 1.54) is 4.88 Å². The van der Waals surface area contributed by atoms with Crippen LogP contribution in [0.2, 0.25) is 0 Å². The zero-order chi connectivity index (χ0) is 18.2. The van der Waals surface area contributed by atoms with Gasteiger partial charge in [-0.05, 0) is 55.4 Å². The summed E-state index contributed by atoms with van der Waals surface area (Å²) in [4.78, 5) is 17.6. The molecule has 26 heavy (non-hydrogen) atoms. The number of thiophene rings is 1. The molecule has 0 radical (unpaired) electrons. The first-order valence-electron chi connectivity index (χ1n) is 8.42. The van der Waals surface area contributed by atoms with Crippen molar-refractivity contribution in [2.75, 3.05) is 18.9 Å². The molecule has 0 saturated carbocycles. The van der Waals surface area contributed by atoms with Crippen LogP contribution in [0.15, 0.2) is 66.3 Å². The maximum absolute atomic E-state index is 12.5. The van der Waals surface area contributed by atoms with Crippen LogP contribution in [-0.4, -0.2) is 24.5 Å². The van der Waals surface area contributed by atoms with Gasteiger partial charge in [-0.3, -0.25) is 9.78 Å². The number of carbonyl (C=O) groups is 1. The number of hydrogen-bond donors (Lipinski definition) is 2. The summed E-state index contributed by atoms with van der Waals surface area (Å²) in [6.45, 7) is 0.851. The molecular formula is C20H21N3O2S. The van der Waals surface area contributed by atoms with Crippen molar-refractivity contribution in [1.29, 1.82) is 0 Å². The van der Waals surface area contributed by atoms with Crippen molar-refractivity contribution >= 4 is 22.9 Å². The number of aromatic nitrogens is 1. The first-order valence-corrected chi connectivity index (χ1v) is 9.30. The number of amides is 1. The van der Waals surface area contributed by atoms with Crippen LogP contribution in [0.4, 0.5) is 5.69 Å². The topological polar surface area (TPSA) is 63.2 Å². The van der Waals surface area contributed by atoms with Gasteiger partial charge in [0.1, 0.15) is 11.9 Å². The summed E-state index contributed by atoms with van der Waals surface area (Å²) in [5.74, 6) is 0.490. The van der Waals surface area contributed by atoms with Gasteiger partial charge >= 0.3 is 0 Å². The number of anilines is 1. The molecule has 2 N–H and O–H groups in total. The minimum absolute atomic E-state index is 0.0425. The first-order chi connectivity index (χ1) is 12.8. The summed E-state index contributed by atoms with van der Waals surface area (Å²) < 4.78 is 6.18. The van der Waals surface area contributed by atoms with Gasteiger partial charge in [-0.15, -0.1) is 11.3 Å². The molecule has 1 unspecified atom stereocenters. The third-order valence-electron chi connectivity index (χ3n) is 3.81. The van der Waals surface area contributed by atoms with E-state index in [2.05, 4.69) is 21.7 Å². The molecule has 3 aromatic rings. The SMILES string of the molecule is CNCCC(Oc1cccc(C(=O)Nc2cccnc2)c1)c1cccs1. The molecular weight excluding hydrogens is 346 g/mol. The fourth-order valence-electron chi connectivity index (χ4n) is 2.52. The van der Waals surface area contributed by atoms with E-state index >= 15 is 0 Å². The van der Waals surface area contributed by atoms with Crippen molar-refractivity contribution < 1.29 is 9.53 Å². The highest BCUT2D eigenvalue weighted by Gasteiger charge is 2.15. The Kier molecular flexibility index (Phi) is 6.35. The van der Waals surface area contributed by atoms with Crippen LogP contribution in [0.25, 0.3) is 0 Å². The summed E-state index contributed by atoms with van der Waals surface area (Å²) in [7, 11) is 1.93. The minimum Gasteiger partial charge on any atom is -0.485 e. The van der Waals surface area contributed by atoms with Crippen LogP contribution >= 0.6 is 11.3 Å². The van der Waals surface area contributed by atoms with Crippen LogP contribution in [0.3, 0.4) is 0 Å². The molecule has 134 valence electrons.